The van der Waals surface area contributed by atoms with Crippen molar-refractivity contribution in [2.45, 2.75) is 45.6 Å². The summed E-state index contributed by atoms with van der Waals surface area (Å²) in [7, 11) is 0. The van der Waals surface area contributed by atoms with Crippen molar-refractivity contribution in [2.24, 2.45) is 0 Å². The van der Waals surface area contributed by atoms with Crippen LogP contribution in [0.3, 0.4) is 0 Å². The van der Waals surface area contributed by atoms with Crippen LogP contribution in [-0.2, 0) is 6.42 Å². The summed E-state index contributed by atoms with van der Waals surface area (Å²) in [5.41, 5.74) is 0. The van der Waals surface area contributed by atoms with E-state index in [0.717, 1.165) is 43.8 Å². The van der Waals surface area contributed by atoms with Crippen LogP contribution in [0.15, 0.2) is 4.52 Å². The molecule has 1 aromatic heterocycles. The minimum atomic E-state index is 0.734. The van der Waals surface area contributed by atoms with Crippen molar-refractivity contribution < 1.29 is 4.52 Å². The number of aryl methyl sites for hydroxylation is 1. The maximum atomic E-state index is 5.31. The summed E-state index contributed by atoms with van der Waals surface area (Å²) in [6.45, 7) is 12.6. The first-order valence-corrected chi connectivity index (χ1v) is 8.84. The lowest BCUT2D eigenvalue weighted by Gasteiger charge is -2.42. The first kappa shape index (κ1) is 15.7. The number of nitrogens with zero attached hydrogens (tertiary/aromatic N) is 5. The molecule has 0 saturated carbocycles. The van der Waals surface area contributed by atoms with E-state index in [1.165, 1.54) is 45.6 Å². The van der Waals surface area contributed by atoms with Crippen molar-refractivity contribution in [3.05, 3.63) is 5.89 Å². The smallest absolute Gasteiger partial charge is 0.266 e. The van der Waals surface area contributed by atoms with E-state index in [-0.39, 0.29) is 0 Å². The van der Waals surface area contributed by atoms with Crippen molar-refractivity contribution in [2.75, 3.05) is 50.7 Å². The predicted molar refractivity (Wildman–Crippen MR) is 87.2 cm³/mol. The molecule has 0 N–H and O–H groups in total. The van der Waals surface area contributed by atoms with Crippen molar-refractivity contribution in [3.8, 4) is 0 Å². The van der Waals surface area contributed by atoms with Gasteiger partial charge in [0.15, 0.2) is 0 Å². The molecule has 1 aromatic rings. The van der Waals surface area contributed by atoms with Gasteiger partial charge in [0.25, 0.3) is 5.95 Å². The van der Waals surface area contributed by atoms with Gasteiger partial charge in [0, 0.05) is 51.7 Å². The SMILES string of the molecule is CCCc1nc(N2CCC(N3CCN(CC)CC3)CC2)no1. The molecule has 0 unspecified atom stereocenters. The van der Waals surface area contributed by atoms with Gasteiger partial charge in [0.2, 0.25) is 5.89 Å². The lowest BCUT2D eigenvalue weighted by Crippen LogP contribution is -2.53. The molecule has 2 fully saturated rings. The topological polar surface area (TPSA) is 48.6 Å². The molecule has 2 aliphatic heterocycles. The molecule has 0 spiro atoms. The van der Waals surface area contributed by atoms with Crippen LogP contribution in [0.4, 0.5) is 5.95 Å². The van der Waals surface area contributed by atoms with Gasteiger partial charge >= 0.3 is 0 Å². The zero-order chi connectivity index (χ0) is 15.4. The number of aromatic nitrogens is 2. The Kier molecular flexibility index (Phi) is 5.31. The third-order valence-electron chi connectivity index (χ3n) is 5.04. The molecule has 6 heteroatoms. The van der Waals surface area contributed by atoms with Crippen molar-refractivity contribution in [1.82, 2.24) is 19.9 Å². The van der Waals surface area contributed by atoms with E-state index in [2.05, 4.69) is 38.7 Å². The number of likely N-dealkylation sites (N-methyl/N-ethyl adjacent to an activating group) is 1. The Morgan fingerprint density at radius 1 is 1.05 bits per heavy atom. The molecule has 6 nitrogen and oxygen atoms in total. The first-order valence-electron chi connectivity index (χ1n) is 8.84. The average Bonchev–Trinajstić information content (AvgIpc) is 3.04. The van der Waals surface area contributed by atoms with Crippen LogP contribution in [-0.4, -0.2) is 71.8 Å². The molecule has 22 heavy (non-hydrogen) atoms. The van der Waals surface area contributed by atoms with Crippen LogP contribution in [0.1, 0.15) is 39.0 Å². The van der Waals surface area contributed by atoms with Crippen LogP contribution in [0.25, 0.3) is 0 Å². The number of rotatable bonds is 5. The van der Waals surface area contributed by atoms with E-state index >= 15 is 0 Å². The van der Waals surface area contributed by atoms with Crippen LogP contribution in [0, 0.1) is 0 Å². The number of piperazine rings is 1. The van der Waals surface area contributed by atoms with Crippen LogP contribution < -0.4 is 4.90 Å². The van der Waals surface area contributed by atoms with E-state index in [1.54, 1.807) is 0 Å². The van der Waals surface area contributed by atoms with Gasteiger partial charge in [-0.2, -0.15) is 4.98 Å². The molecular formula is C16H29N5O. The van der Waals surface area contributed by atoms with Gasteiger partial charge in [-0.05, 0) is 31.0 Å². The van der Waals surface area contributed by atoms with E-state index in [1.807, 2.05) is 0 Å². The van der Waals surface area contributed by atoms with Gasteiger partial charge in [-0.3, -0.25) is 4.90 Å². The van der Waals surface area contributed by atoms with Crippen LogP contribution >= 0.6 is 0 Å². The molecule has 3 rings (SSSR count). The fourth-order valence-corrected chi connectivity index (χ4v) is 3.57. The van der Waals surface area contributed by atoms with Gasteiger partial charge in [0.1, 0.15) is 0 Å². The Hall–Kier alpha value is -1.14. The summed E-state index contributed by atoms with van der Waals surface area (Å²) in [5, 5.41) is 4.14. The Morgan fingerprint density at radius 3 is 2.41 bits per heavy atom. The van der Waals surface area contributed by atoms with E-state index < -0.39 is 0 Å². The lowest BCUT2D eigenvalue weighted by molar-refractivity contribution is 0.0876. The molecule has 0 aromatic carbocycles. The van der Waals surface area contributed by atoms with Crippen molar-refractivity contribution >= 4 is 5.95 Å². The van der Waals surface area contributed by atoms with E-state index in [0.29, 0.717) is 0 Å². The van der Waals surface area contributed by atoms with E-state index in [9.17, 15) is 0 Å². The molecule has 0 radical (unpaired) electrons. The summed E-state index contributed by atoms with van der Waals surface area (Å²) < 4.78 is 5.31. The predicted octanol–water partition coefficient (Wildman–Crippen LogP) is 1.63. The highest BCUT2D eigenvalue weighted by atomic mass is 16.5. The highest BCUT2D eigenvalue weighted by Crippen LogP contribution is 2.21. The number of anilines is 1. The third-order valence-corrected chi connectivity index (χ3v) is 5.04. The van der Waals surface area contributed by atoms with Gasteiger partial charge in [0.05, 0.1) is 0 Å². The monoisotopic (exact) mass is 307 g/mol. The number of piperidine rings is 1. The molecule has 0 atom stereocenters. The quantitative estimate of drug-likeness (QED) is 0.824. The molecule has 2 saturated heterocycles. The Labute approximate surface area is 133 Å². The fraction of sp³-hybridized carbons (Fsp3) is 0.875. The molecule has 3 heterocycles. The number of hydrogen-bond donors (Lipinski definition) is 0. The Morgan fingerprint density at radius 2 is 1.77 bits per heavy atom. The van der Waals surface area contributed by atoms with Gasteiger partial charge < -0.3 is 14.3 Å². The second kappa shape index (κ2) is 7.42. The second-order valence-corrected chi connectivity index (χ2v) is 6.43. The van der Waals surface area contributed by atoms with Crippen LogP contribution in [0.5, 0.6) is 0 Å². The Bertz CT molecular complexity index is 447. The molecule has 0 aliphatic carbocycles. The lowest BCUT2D eigenvalue weighted by atomic mass is 10.0. The third kappa shape index (κ3) is 3.60. The maximum absolute atomic E-state index is 5.31. The average molecular weight is 307 g/mol. The largest absolute Gasteiger partial charge is 0.338 e. The fourth-order valence-electron chi connectivity index (χ4n) is 3.57. The van der Waals surface area contributed by atoms with Gasteiger partial charge in [-0.1, -0.05) is 13.8 Å². The molecule has 0 bridgehead atoms. The summed E-state index contributed by atoms with van der Waals surface area (Å²) in [6, 6.07) is 0.734. The summed E-state index contributed by atoms with van der Waals surface area (Å²) >= 11 is 0. The minimum Gasteiger partial charge on any atom is -0.338 e. The van der Waals surface area contributed by atoms with Crippen molar-refractivity contribution in [1.29, 1.82) is 0 Å². The second-order valence-electron chi connectivity index (χ2n) is 6.43. The van der Waals surface area contributed by atoms with Gasteiger partial charge in [-0.15, -0.1) is 0 Å². The first-order chi connectivity index (χ1) is 10.8. The van der Waals surface area contributed by atoms with Crippen molar-refractivity contribution in [3.63, 3.8) is 0 Å². The van der Waals surface area contributed by atoms with Crippen LogP contribution in [0.2, 0.25) is 0 Å². The zero-order valence-corrected chi connectivity index (χ0v) is 14.0. The summed E-state index contributed by atoms with van der Waals surface area (Å²) in [5.74, 6) is 1.56. The Balaban J connectivity index is 1.47. The number of hydrogen-bond acceptors (Lipinski definition) is 6. The summed E-state index contributed by atoms with van der Waals surface area (Å²) in [4.78, 5) is 12.0. The summed E-state index contributed by atoms with van der Waals surface area (Å²) in [6.07, 6.45) is 4.35. The molecule has 2 aliphatic rings. The zero-order valence-electron chi connectivity index (χ0n) is 14.0. The highest BCUT2D eigenvalue weighted by Gasteiger charge is 2.28. The minimum absolute atomic E-state index is 0.734. The maximum Gasteiger partial charge on any atom is 0.266 e. The highest BCUT2D eigenvalue weighted by molar-refractivity contribution is 5.28. The normalized spacial score (nSPS) is 22.4. The van der Waals surface area contributed by atoms with E-state index in [4.69, 9.17) is 4.52 Å². The standard InChI is InChI=1S/C16H29N5O/c1-3-5-15-17-16(18-22-15)21-8-6-14(7-9-21)20-12-10-19(4-2)11-13-20/h14H,3-13H2,1-2H3. The molecule has 124 valence electrons. The molecule has 0 amide bonds. The van der Waals surface area contributed by atoms with Gasteiger partial charge in [-0.25, -0.2) is 0 Å². The molecular weight excluding hydrogens is 278 g/mol.